The Morgan fingerprint density at radius 2 is 2.18 bits per heavy atom. The molecule has 3 atom stereocenters. The predicted molar refractivity (Wildman–Crippen MR) is 144 cm³/mol. The van der Waals surface area contributed by atoms with Crippen molar-refractivity contribution in [2.45, 2.75) is 77.0 Å². The minimum absolute atomic E-state index is 0.00841. The minimum atomic E-state index is -0.971. The largest absolute Gasteiger partial charge is 0.480 e. The normalized spacial score (nSPS) is 23.7. The van der Waals surface area contributed by atoms with E-state index in [1.807, 2.05) is 4.90 Å². The van der Waals surface area contributed by atoms with Gasteiger partial charge in [-0.15, -0.1) is 0 Å². The van der Waals surface area contributed by atoms with Crippen LogP contribution in [0.15, 0.2) is 30.3 Å². The number of rotatable bonds is 10. The van der Waals surface area contributed by atoms with Gasteiger partial charge in [-0.05, 0) is 85.3 Å². The first-order valence-electron chi connectivity index (χ1n) is 14.0. The number of halogens is 1. The molecule has 2 N–H and O–H groups in total. The molecule has 2 saturated heterocycles. The number of benzene rings is 1. The van der Waals surface area contributed by atoms with E-state index in [2.05, 4.69) is 31.3 Å². The summed E-state index contributed by atoms with van der Waals surface area (Å²) in [5.41, 5.74) is 3.69. The average Bonchev–Trinajstić information content (AvgIpc) is 3.49. The molecule has 5 rings (SSSR count). The Morgan fingerprint density at radius 3 is 2.97 bits per heavy atom. The van der Waals surface area contributed by atoms with E-state index in [9.17, 15) is 14.3 Å². The first kappa shape index (κ1) is 27.0. The summed E-state index contributed by atoms with van der Waals surface area (Å²) >= 11 is 0. The number of aromatic nitrogens is 1. The summed E-state index contributed by atoms with van der Waals surface area (Å²) in [5, 5.41) is 13.6. The molecule has 0 aliphatic carbocycles. The molecule has 0 spiro atoms. The summed E-state index contributed by atoms with van der Waals surface area (Å²) in [7, 11) is 0. The van der Waals surface area contributed by atoms with Crippen molar-refractivity contribution < 1.29 is 23.8 Å². The maximum Gasteiger partial charge on any atom is 0.325 e. The lowest BCUT2D eigenvalue weighted by molar-refractivity contribution is -0.143. The highest BCUT2D eigenvalue weighted by Gasteiger charge is 2.39. The molecule has 7 nitrogen and oxygen atoms in total. The number of aliphatic carboxylic acids is 1. The fraction of sp³-hybridized carbons (Fsp3) is 0.600. The van der Waals surface area contributed by atoms with Crippen LogP contribution in [0.25, 0.3) is 0 Å². The van der Waals surface area contributed by atoms with Crippen LogP contribution in [-0.2, 0) is 27.1 Å². The molecule has 0 amide bonds. The second-order valence-electron chi connectivity index (χ2n) is 11.8. The maximum atomic E-state index is 14.3. The van der Waals surface area contributed by atoms with Crippen LogP contribution in [0.5, 0.6) is 0 Å². The van der Waals surface area contributed by atoms with Gasteiger partial charge in [-0.2, -0.15) is 0 Å². The molecule has 1 aromatic heterocycles. The van der Waals surface area contributed by atoms with Crippen molar-refractivity contribution in [2.75, 3.05) is 38.2 Å². The summed E-state index contributed by atoms with van der Waals surface area (Å²) in [5.74, 6) is -0.362. The lowest BCUT2D eigenvalue weighted by Gasteiger charge is -2.28. The second-order valence-corrected chi connectivity index (χ2v) is 11.8. The molecule has 1 aromatic carbocycles. The van der Waals surface area contributed by atoms with E-state index in [0.717, 1.165) is 68.6 Å². The molecule has 2 aromatic rings. The van der Waals surface area contributed by atoms with Crippen LogP contribution < -0.4 is 5.32 Å². The van der Waals surface area contributed by atoms with Crippen molar-refractivity contribution in [1.29, 1.82) is 0 Å². The predicted octanol–water partition coefficient (Wildman–Crippen LogP) is 5.31. The number of carbonyl (C=O) groups is 1. The third-order valence-electron chi connectivity index (χ3n) is 8.01. The fourth-order valence-corrected chi connectivity index (χ4v) is 6.00. The molecular formula is C30H40FN3O4. The number of hydrogen-bond acceptors (Lipinski definition) is 6. The van der Waals surface area contributed by atoms with Gasteiger partial charge in [0.15, 0.2) is 0 Å². The average molecular weight is 526 g/mol. The van der Waals surface area contributed by atoms with Gasteiger partial charge in [-0.1, -0.05) is 26.0 Å². The number of pyridine rings is 1. The van der Waals surface area contributed by atoms with Gasteiger partial charge < -0.3 is 19.9 Å². The van der Waals surface area contributed by atoms with E-state index < -0.39 is 17.8 Å². The van der Waals surface area contributed by atoms with Crippen LogP contribution in [0.2, 0.25) is 0 Å². The molecular weight excluding hydrogens is 485 g/mol. The highest BCUT2D eigenvalue weighted by Crippen LogP contribution is 2.43. The lowest BCUT2D eigenvalue weighted by Crippen LogP contribution is -2.34. The van der Waals surface area contributed by atoms with Gasteiger partial charge in [0, 0.05) is 31.9 Å². The number of nitrogens with one attached hydrogen (secondary N) is 1. The first-order chi connectivity index (χ1) is 18.3. The number of anilines is 1. The monoisotopic (exact) mass is 525 g/mol. The molecule has 206 valence electrons. The van der Waals surface area contributed by atoms with Gasteiger partial charge in [0.2, 0.25) is 0 Å². The van der Waals surface area contributed by atoms with Gasteiger partial charge in [0.25, 0.3) is 0 Å². The second kappa shape index (κ2) is 11.7. The van der Waals surface area contributed by atoms with E-state index in [0.29, 0.717) is 31.9 Å². The Morgan fingerprint density at radius 1 is 1.32 bits per heavy atom. The van der Waals surface area contributed by atoms with Crippen molar-refractivity contribution in [1.82, 2.24) is 9.88 Å². The molecule has 8 heteroatoms. The topological polar surface area (TPSA) is 83.9 Å². The lowest BCUT2D eigenvalue weighted by atomic mass is 9.86. The third-order valence-corrected chi connectivity index (χ3v) is 8.01. The van der Waals surface area contributed by atoms with Crippen LogP contribution in [0, 0.1) is 11.2 Å². The summed E-state index contributed by atoms with van der Waals surface area (Å²) in [6, 6.07) is 7.87. The zero-order valence-electron chi connectivity index (χ0n) is 22.5. The van der Waals surface area contributed by atoms with Crippen molar-refractivity contribution in [3.05, 3.63) is 58.5 Å². The number of unbranched alkanes of at least 4 members (excludes halogenated alkanes) is 1. The fourth-order valence-electron chi connectivity index (χ4n) is 6.00. The number of carboxylic acid groups (broad SMARTS) is 1. The van der Waals surface area contributed by atoms with Crippen molar-refractivity contribution in [2.24, 2.45) is 5.41 Å². The standard InChI is InChI=1S/C30H40FN3O4/c1-30(2)17-26(38-19-30)24-11-9-21(31)16-25(24)27(29(35)36)34-14-12-23(18-34)37-15-4-3-7-22-10-8-20-6-5-13-32-28(20)33-22/h8-11,16,23,26-27H,3-7,12-15,17-19H2,1-2H3,(H,32,33)(H,35,36)/t23-,26?,27+/m1/s1. The summed E-state index contributed by atoms with van der Waals surface area (Å²) in [6.07, 6.45) is 6.38. The highest BCUT2D eigenvalue weighted by atomic mass is 19.1. The van der Waals surface area contributed by atoms with Crippen LogP contribution in [0.3, 0.4) is 0 Å². The van der Waals surface area contributed by atoms with Crippen LogP contribution in [0.1, 0.15) is 80.5 Å². The number of likely N-dealkylation sites (tertiary alicyclic amines) is 1. The van der Waals surface area contributed by atoms with Crippen molar-refractivity contribution in [3.8, 4) is 0 Å². The SMILES string of the molecule is CC1(C)COC(c2ccc(F)cc2[C@@H](C(=O)O)N2CC[C@@H](OCCCCc3ccc4c(n3)NCCC4)C2)C1. The van der Waals surface area contributed by atoms with Crippen LogP contribution >= 0.6 is 0 Å². The number of carboxylic acids is 1. The summed E-state index contributed by atoms with van der Waals surface area (Å²) < 4.78 is 26.5. The minimum Gasteiger partial charge on any atom is -0.480 e. The number of nitrogens with zero attached hydrogens (tertiary/aromatic N) is 2. The number of fused-ring (bicyclic) bond motifs is 1. The molecule has 0 radical (unpaired) electrons. The number of hydrogen-bond donors (Lipinski definition) is 2. The summed E-state index contributed by atoms with van der Waals surface area (Å²) in [6.45, 7) is 7.61. The molecule has 2 fully saturated rings. The van der Waals surface area contributed by atoms with Crippen LogP contribution in [0.4, 0.5) is 10.2 Å². The Balaban J connectivity index is 1.14. The molecule has 0 bridgehead atoms. The van der Waals surface area contributed by atoms with E-state index in [1.54, 1.807) is 6.07 Å². The van der Waals surface area contributed by atoms with E-state index in [4.69, 9.17) is 14.5 Å². The molecule has 4 heterocycles. The van der Waals surface area contributed by atoms with Gasteiger partial charge in [-0.3, -0.25) is 9.69 Å². The van der Waals surface area contributed by atoms with Gasteiger partial charge in [-0.25, -0.2) is 9.37 Å². The smallest absolute Gasteiger partial charge is 0.325 e. The van der Waals surface area contributed by atoms with Crippen molar-refractivity contribution >= 4 is 11.8 Å². The van der Waals surface area contributed by atoms with E-state index in [-0.39, 0.29) is 17.6 Å². The Hall–Kier alpha value is -2.55. The van der Waals surface area contributed by atoms with Gasteiger partial charge in [0.1, 0.15) is 17.7 Å². The highest BCUT2D eigenvalue weighted by molar-refractivity contribution is 5.76. The zero-order valence-corrected chi connectivity index (χ0v) is 22.5. The summed E-state index contributed by atoms with van der Waals surface area (Å²) in [4.78, 5) is 19.1. The third kappa shape index (κ3) is 6.35. The Bertz CT molecular complexity index is 1140. The first-order valence-corrected chi connectivity index (χ1v) is 14.0. The molecule has 3 aliphatic rings. The Kier molecular flexibility index (Phi) is 8.31. The van der Waals surface area contributed by atoms with Gasteiger partial charge >= 0.3 is 5.97 Å². The van der Waals surface area contributed by atoms with E-state index in [1.165, 1.54) is 17.7 Å². The molecule has 38 heavy (non-hydrogen) atoms. The maximum absolute atomic E-state index is 14.3. The van der Waals surface area contributed by atoms with Crippen molar-refractivity contribution in [3.63, 3.8) is 0 Å². The van der Waals surface area contributed by atoms with E-state index >= 15 is 0 Å². The number of aryl methyl sites for hydroxylation is 2. The number of ether oxygens (including phenoxy) is 2. The zero-order chi connectivity index (χ0) is 26.7. The molecule has 0 saturated carbocycles. The molecule has 1 unspecified atom stereocenters. The van der Waals surface area contributed by atoms with Gasteiger partial charge in [0.05, 0.1) is 18.8 Å². The Labute approximate surface area is 224 Å². The molecule has 3 aliphatic heterocycles. The van der Waals surface area contributed by atoms with Crippen LogP contribution in [-0.4, -0.2) is 59.9 Å². The quantitative estimate of drug-likeness (QED) is 0.407.